The van der Waals surface area contributed by atoms with Crippen LogP contribution in [0.3, 0.4) is 0 Å². The molecular weight excluding hydrogens is 300 g/mol. The van der Waals surface area contributed by atoms with Crippen LogP contribution in [0.25, 0.3) is 0 Å². The molecule has 9 heteroatoms. The Bertz CT molecular complexity index is 624. The number of likely N-dealkylation sites (tertiary alicyclic amines) is 1. The topological polar surface area (TPSA) is 99.6 Å². The minimum atomic E-state index is -0.952. The first-order valence-corrected chi connectivity index (χ1v) is 7.60. The van der Waals surface area contributed by atoms with Gasteiger partial charge in [-0.15, -0.1) is 0 Å². The van der Waals surface area contributed by atoms with Gasteiger partial charge >= 0.3 is 6.03 Å². The second-order valence-corrected chi connectivity index (χ2v) is 6.13. The van der Waals surface area contributed by atoms with Gasteiger partial charge in [-0.05, 0) is 19.4 Å². The maximum Gasteiger partial charge on any atom is 0.344 e. The SMILES string of the molecule is CCC1(C)NC(=O)N(NC(=O)CN2CC(n3cccn3)C2)C1=O. The van der Waals surface area contributed by atoms with Crippen LogP contribution in [0.2, 0.25) is 0 Å². The van der Waals surface area contributed by atoms with Crippen molar-refractivity contribution in [1.29, 1.82) is 0 Å². The van der Waals surface area contributed by atoms with Crippen LogP contribution in [-0.4, -0.2) is 62.7 Å². The smallest absolute Gasteiger partial charge is 0.322 e. The molecule has 3 rings (SSSR count). The lowest BCUT2D eigenvalue weighted by Gasteiger charge is -2.38. The lowest BCUT2D eigenvalue weighted by Crippen LogP contribution is -2.55. The summed E-state index contributed by atoms with van der Waals surface area (Å²) in [6.07, 6.45) is 4.07. The zero-order valence-electron chi connectivity index (χ0n) is 13.2. The molecule has 0 bridgehead atoms. The summed E-state index contributed by atoms with van der Waals surface area (Å²) in [5.74, 6) is -0.816. The Balaban J connectivity index is 1.49. The maximum absolute atomic E-state index is 12.2. The van der Waals surface area contributed by atoms with Crippen molar-refractivity contribution in [1.82, 2.24) is 30.4 Å². The highest BCUT2D eigenvalue weighted by atomic mass is 16.2. The third-order valence-electron chi connectivity index (χ3n) is 4.41. The molecule has 2 N–H and O–H groups in total. The van der Waals surface area contributed by atoms with E-state index in [-0.39, 0.29) is 18.5 Å². The molecule has 2 saturated heterocycles. The Hall–Kier alpha value is -2.42. The molecule has 23 heavy (non-hydrogen) atoms. The lowest BCUT2D eigenvalue weighted by molar-refractivity contribution is -0.139. The van der Waals surface area contributed by atoms with E-state index in [1.165, 1.54) is 0 Å². The Morgan fingerprint density at radius 3 is 2.78 bits per heavy atom. The van der Waals surface area contributed by atoms with Crippen LogP contribution in [0.1, 0.15) is 26.3 Å². The summed E-state index contributed by atoms with van der Waals surface area (Å²) in [4.78, 5) is 38.0. The van der Waals surface area contributed by atoms with E-state index in [0.29, 0.717) is 19.5 Å². The van der Waals surface area contributed by atoms with Gasteiger partial charge in [-0.2, -0.15) is 10.1 Å². The van der Waals surface area contributed by atoms with E-state index < -0.39 is 17.5 Å². The third-order valence-corrected chi connectivity index (χ3v) is 4.41. The fraction of sp³-hybridized carbons (Fsp3) is 0.571. The van der Waals surface area contributed by atoms with Gasteiger partial charge < -0.3 is 5.32 Å². The van der Waals surface area contributed by atoms with Gasteiger partial charge in [0.1, 0.15) is 5.54 Å². The monoisotopic (exact) mass is 320 g/mol. The van der Waals surface area contributed by atoms with Crippen LogP contribution < -0.4 is 10.7 Å². The van der Waals surface area contributed by atoms with Crippen LogP contribution >= 0.6 is 0 Å². The van der Waals surface area contributed by atoms with Crippen molar-refractivity contribution in [2.24, 2.45) is 0 Å². The molecule has 3 heterocycles. The minimum absolute atomic E-state index is 0.137. The molecular formula is C14H20N6O3. The van der Waals surface area contributed by atoms with Crippen molar-refractivity contribution < 1.29 is 14.4 Å². The summed E-state index contributed by atoms with van der Waals surface area (Å²) in [6.45, 7) is 5.00. The molecule has 4 amide bonds. The van der Waals surface area contributed by atoms with Crippen LogP contribution in [-0.2, 0) is 9.59 Å². The van der Waals surface area contributed by atoms with Gasteiger partial charge in [0.25, 0.3) is 11.8 Å². The van der Waals surface area contributed by atoms with Crippen molar-refractivity contribution >= 4 is 17.8 Å². The first-order valence-electron chi connectivity index (χ1n) is 7.60. The predicted molar refractivity (Wildman–Crippen MR) is 79.9 cm³/mol. The van der Waals surface area contributed by atoms with E-state index in [1.807, 2.05) is 21.8 Å². The highest BCUT2D eigenvalue weighted by molar-refractivity contribution is 6.07. The van der Waals surface area contributed by atoms with Gasteiger partial charge in [0, 0.05) is 25.5 Å². The molecule has 2 aliphatic rings. The van der Waals surface area contributed by atoms with Crippen LogP contribution in [0, 0.1) is 0 Å². The Morgan fingerprint density at radius 1 is 1.48 bits per heavy atom. The number of nitrogens with one attached hydrogen (secondary N) is 2. The molecule has 1 aromatic rings. The molecule has 0 spiro atoms. The molecule has 1 aromatic heterocycles. The summed E-state index contributed by atoms with van der Waals surface area (Å²) >= 11 is 0. The fourth-order valence-electron chi connectivity index (χ4n) is 2.72. The summed E-state index contributed by atoms with van der Waals surface area (Å²) in [7, 11) is 0. The van der Waals surface area contributed by atoms with Crippen molar-refractivity contribution in [3.8, 4) is 0 Å². The van der Waals surface area contributed by atoms with Gasteiger partial charge in [-0.3, -0.25) is 24.6 Å². The maximum atomic E-state index is 12.2. The van der Waals surface area contributed by atoms with E-state index in [4.69, 9.17) is 0 Å². The first-order chi connectivity index (χ1) is 10.9. The molecule has 0 aromatic carbocycles. The molecule has 124 valence electrons. The number of amides is 4. The molecule has 0 aliphatic carbocycles. The van der Waals surface area contributed by atoms with Crippen LogP contribution in [0.5, 0.6) is 0 Å². The molecule has 2 aliphatic heterocycles. The Labute approximate surface area is 133 Å². The number of urea groups is 1. The van der Waals surface area contributed by atoms with Gasteiger partial charge in [0.2, 0.25) is 0 Å². The average Bonchev–Trinajstić information content (AvgIpc) is 3.06. The van der Waals surface area contributed by atoms with E-state index >= 15 is 0 Å². The molecule has 1 unspecified atom stereocenters. The number of rotatable bonds is 5. The van der Waals surface area contributed by atoms with Crippen molar-refractivity contribution in [3.05, 3.63) is 18.5 Å². The number of hydrazine groups is 1. The molecule has 9 nitrogen and oxygen atoms in total. The minimum Gasteiger partial charge on any atom is -0.322 e. The standard InChI is InChI=1S/C14H20N6O3/c1-3-14(2)12(22)20(13(23)16-14)17-11(21)9-18-7-10(8-18)19-6-4-5-15-19/h4-6,10H,3,7-9H2,1-2H3,(H,16,23)(H,17,21). The van der Waals surface area contributed by atoms with Crippen LogP contribution in [0.15, 0.2) is 18.5 Å². The second kappa shape index (κ2) is 5.65. The summed E-state index contributed by atoms with van der Waals surface area (Å²) in [5, 5.41) is 7.53. The quantitative estimate of drug-likeness (QED) is 0.712. The van der Waals surface area contributed by atoms with Gasteiger partial charge in [-0.25, -0.2) is 4.79 Å². The van der Waals surface area contributed by atoms with Gasteiger partial charge in [-0.1, -0.05) is 6.92 Å². The highest BCUT2D eigenvalue weighted by Crippen LogP contribution is 2.21. The largest absolute Gasteiger partial charge is 0.344 e. The number of hydrogen-bond acceptors (Lipinski definition) is 5. The molecule has 0 saturated carbocycles. The van der Waals surface area contributed by atoms with Gasteiger partial charge in [0.15, 0.2) is 0 Å². The van der Waals surface area contributed by atoms with E-state index in [1.54, 1.807) is 20.0 Å². The average molecular weight is 320 g/mol. The van der Waals surface area contributed by atoms with Crippen molar-refractivity contribution in [2.45, 2.75) is 31.8 Å². The zero-order chi connectivity index (χ0) is 16.6. The van der Waals surface area contributed by atoms with Crippen LogP contribution in [0.4, 0.5) is 4.79 Å². The highest BCUT2D eigenvalue weighted by Gasteiger charge is 2.47. The number of aromatic nitrogens is 2. The van der Waals surface area contributed by atoms with Crippen molar-refractivity contribution in [3.63, 3.8) is 0 Å². The number of imide groups is 1. The Kier molecular flexibility index (Phi) is 3.80. The lowest BCUT2D eigenvalue weighted by atomic mass is 10.00. The summed E-state index contributed by atoms with van der Waals surface area (Å²) in [6, 6.07) is 1.53. The zero-order valence-corrected chi connectivity index (χ0v) is 13.2. The predicted octanol–water partition coefficient (Wildman–Crippen LogP) is -0.508. The first kappa shape index (κ1) is 15.5. The fourth-order valence-corrected chi connectivity index (χ4v) is 2.72. The normalized spacial score (nSPS) is 25.4. The Morgan fingerprint density at radius 2 is 2.22 bits per heavy atom. The van der Waals surface area contributed by atoms with E-state index in [0.717, 1.165) is 5.01 Å². The van der Waals surface area contributed by atoms with Crippen molar-refractivity contribution in [2.75, 3.05) is 19.6 Å². The summed E-state index contributed by atoms with van der Waals surface area (Å²) < 4.78 is 1.86. The summed E-state index contributed by atoms with van der Waals surface area (Å²) in [5.41, 5.74) is 1.43. The van der Waals surface area contributed by atoms with E-state index in [9.17, 15) is 14.4 Å². The van der Waals surface area contributed by atoms with Gasteiger partial charge in [0.05, 0.1) is 12.6 Å². The number of hydrogen-bond donors (Lipinski definition) is 2. The van der Waals surface area contributed by atoms with E-state index in [2.05, 4.69) is 15.8 Å². The molecule has 2 fully saturated rings. The number of nitrogens with zero attached hydrogens (tertiary/aromatic N) is 4. The number of carbonyl (C=O) groups excluding carboxylic acids is 3. The molecule has 1 atom stereocenters. The third kappa shape index (κ3) is 2.79. The number of carbonyl (C=O) groups is 3. The second-order valence-electron chi connectivity index (χ2n) is 6.13. The molecule has 0 radical (unpaired) electrons.